The number of pyridine rings is 1. The van der Waals surface area contributed by atoms with Crippen LogP contribution in [0.2, 0.25) is 0 Å². The molecule has 2 aromatic carbocycles. The fraction of sp³-hybridized carbons (Fsp3) is 0.136. The van der Waals surface area contributed by atoms with E-state index in [4.69, 9.17) is 5.73 Å². The Kier molecular flexibility index (Phi) is 6.59. The summed E-state index contributed by atoms with van der Waals surface area (Å²) in [6, 6.07) is 17.6. The molecule has 0 saturated carbocycles. The van der Waals surface area contributed by atoms with Crippen LogP contribution in [-0.4, -0.2) is 23.3 Å². The first-order chi connectivity index (χ1) is 14.4. The van der Waals surface area contributed by atoms with Crippen molar-refractivity contribution in [2.45, 2.75) is 13.3 Å². The van der Waals surface area contributed by atoms with Crippen LogP contribution in [-0.2, 0) is 11.2 Å². The van der Waals surface area contributed by atoms with E-state index in [0.29, 0.717) is 24.3 Å². The van der Waals surface area contributed by atoms with E-state index in [1.807, 2.05) is 30.3 Å². The number of primary amides is 1. The van der Waals surface area contributed by atoms with Crippen molar-refractivity contribution >= 4 is 34.8 Å². The van der Waals surface area contributed by atoms with Gasteiger partial charge in [0.15, 0.2) is 11.6 Å². The largest absolute Gasteiger partial charge is 0.369 e. The fourth-order valence-electron chi connectivity index (χ4n) is 2.88. The highest BCUT2D eigenvalue weighted by atomic mass is 19.1. The summed E-state index contributed by atoms with van der Waals surface area (Å²) >= 11 is 0. The molecular formula is C22H22FN5O2. The molecule has 8 heteroatoms. The van der Waals surface area contributed by atoms with E-state index in [0.717, 1.165) is 11.6 Å². The van der Waals surface area contributed by atoms with Crippen LogP contribution in [0.1, 0.15) is 22.8 Å². The van der Waals surface area contributed by atoms with Crippen molar-refractivity contribution in [3.63, 3.8) is 0 Å². The van der Waals surface area contributed by atoms with Crippen molar-refractivity contribution in [1.82, 2.24) is 4.98 Å². The van der Waals surface area contributed by atoms with Gasteiger partial charge < -0.3 is 21.7 Å². The number of hydrogen-bond donors (Lipinski definition) is 4. The van der Waals surface area contributed by atoms with Gasteiger partial charge in [0.1, 0.15) is 5.82 Å². The minimum atomic E-state index is -0.775. The average Bonchev–Trinajstić information content (AvgIpc) is 2.70. The van der Waals surface area contributed by atoms with Gasteiger partial charge >= 0.3 is 0 Å². The zero-order valence-electron chi connectivity index (χ0n) is 16.4. The molecule has 1 heterocycles. The Hall–Kier alpha value is -3.94. The number of anilines is 4. The Morgan fingerprint density at radius 3 is 2.43 bits per heavy atom. The van der Waals surface area contributed by atoms with Crippen molar-refractivity contribution < 1.29 is 14.0 Å². The van der Waals surface area contributed by atoms with Crippen LogP contribution >= 0.6 is 0 Å². The molecule has 0 spiro atoms. The second-order valence-corrected chi connectivity index (χ2v) is 6.63. The lowest BCUT2D eigenvalue weighted by Crippen LogP contribution is -2.18. The second-order valence-electron chi connectivity index (χ2n) is 6.63. The zero-order valence-corrected chi connectivity index (χ0v) is 16.4. The fourth-order valence-corrected chi connectivity index (χ4v) is 2.88. The molecule has 30 heavy (non-hydrogen) atoms. The van der Waals surface area contributed by atoms with Crippen molar-refractivity contribution in [3.05, 3.63) is 77.6 Å². The lowest BCUT2D eigenvalue weighted by molar-refractivity contribution is -0.114. The van der Waals surface area contributed by atoms with Crippen molar-refractivity contribution in [2.75, 3.05) is 22.5 Å². The molecule has 0 aliphatic heterocycles. The van der Waals surface area contributed by atoms with Gasteiger partial charge in [-0.3, -0.25) is 9.59 Å². The van der Waals surface area contributed by atoms with Crippen molar-refractivity contribution in [3.8, 4) is 0 Å². The zero-order chi connectivity index (χ0) is 21.5. The second kappa shape index (κ2) is 9.51. The number of aromatic nitrogens is 1. The molecule has 0 atom stereocenters. The third kappa shape index (κ3) is 5.54. The maximum atomic E-state index is 14.5. The summed E-state index contributed by atoms with van der Waals surface area (Å²) in [5.74, 6) is -1.58. The molecule has 0 unspecified atom stereocenters. The van der Waals surface area contributed by atoms with E-state index in [1.54, 1.807) is 24.3 Å². The molecule has 3 rings (SSSR count). The Morgan fingerprint density at radius 1 is 1.00 bits per heavy atom. The molecule has 0 saturated heterocycles. The van der Waals surface area contributed by atoms with Crippen LogP contribution in [0.3, 0.4) is 0 Å². The molecule has 0 fully saturated rings. The van der Waals surface area contributed by atoms with E-state index < -0.39 is 11.7 Å². The summed E-state index contributed by atoms with van der Waals surface area (Å²) in [6.45, 7) is 1.89. The first-order valence-electron chi connectivity index (χ1n) is 9.35. The first-order valence-corrected chi connectivity index (χ1v) is 9.35. The smallest absolute Gasteiger partial charge is 0.252 e. The summed E-state index contributed by atoms with van der Waals surface area (Å²) in [7, 11) is 0. The monoisotopic (exact) mass is 407 g/mol. The van der Waals surface area contributed by atoms with Gasteiger partial charge in [0.2, 0.25) is 5.91 Å². The number of halogens is 1. The third-order valence-corrected chi connectivity index (χ3v) is 4.24. The molecule has 2 amide bonds. The van der Waals surface area contributed by atoms with Gasteiger partial charge in [0.05, 0.1) is 5.56 Å². The number of hydrogen-bond acceptors (Lipinski definition) is 5. The highest BCUT2D eigenvalue weighted by Gasteiger charge is 2.16. The lowest BCUT2D eigenvalue weighted by Gasteiger charge is -2.14. The maximum Gasteiger partial charge on any atom is 0.252 e. The van der Waals surface area contributed by atoms with E-state index in [2.05, 4.69) is 20.9 Å². The van der Waals surface area contributed by atoms with Crippen LogP contribution < -0.4 is 21.7 Å². The number of benzene rings is 2. The Balaban J connectivity index is 1.80. The highest BCUT2D eigenvalue weighted by molar-refractivity contribution is 5.98. The van der Waals surface area contributed by atoms with Gasteiger partial charge in [-0.25, -0.2) is 9.37 Å². The quantitative estimate of drug-likeness (QED) is 0.455. The normalized spacial score (nSPS) is 10.3. The number of nitrogens with zero attached hydrogens (tertiary/aromatic N) is 1. The molecule has 3 aromatic rings. The molecule has 0 aliphatic rings. The van der Waals surface area contributed by atoms with E-state index in [1.165, 1.54) is 6.92 Å². The number of carbonyl (C=O) groups is 2. The number of carbonyl (C=O) groups excluding carboxylic acids is 2. The molecule has 154 valence electrons. The molecule has 1 aromatic heterocycles. The summed E-state index contributed by atoms with van der Waals surface area (Å²) in [5, 5.41) is 8.59. The van der Waals surface area contributed by atoms with Gasteiger partial charge in [0, 0.05) is 24.8 Å². The van der Waals surface area contributed by atoms with Crippen molar-refractivity contribution in [2.24, 2.45) is 5.73 Å². The van der Waals surface area contributed by atoms with Crippen LogP contribution in [0, 0.1) is 5.82 Å². The number of amides is 2. The van der Waals surface area contributed by atoms with Crippen LogP contribution in [0.5, 0.6) is 0 Å². The van der Waals surface area contributed by atoms with Crippen molar-refractivity contribution in [1.29, 1.82) is 0 Å². The van der Waals surface area contributed by atoms with E-state index in [-0.39, 0.29) is 23.1 Å². The molecular weight excluding hydrogens is 385 g/mol. The summed E-state index contributed by atoms with van der Waals surface area (Å²) < 4.78 is 14.5. The predicted molar refractivity (Wildman–Crippen MR) is 115 cm³/mol. The van der Waals surface area contributed by atoms with Gasteiger partial charge in [-0.1, -0.05) is 36.4 Å². The Labute approximate surface area is 173 Å². The predicted octanol–water partition coefficient (Wildman–Crippen LogP) is 3.68. The Bertz CT molecular complexity index is 1060. The van der Waals surface area contributed by atoms with Crippen LogP contribution in [0.15, 0.2) is 60.7 Å². The van der Waals surface area contributed by atoms with Crippen LogP contribution in [0.4, 0.5) is 27.4 Å². The summed E-state index contributed by atoms with van der Waals surface area (Å²) in [4.78, 5) is 27.2. The third-order valence-electron chi connectivity index (χ3n) is 4.24. The molecule has 0 bridgehead atoms. The Morgan fingerprint density at radius 2 is 1.73 bits per heavy atom. The topological polar surface area (TPSA) is 109 Å². The van der Waals surface area contributed by atoms with Crippen LogP contribution in [0.25, 0.3) is 0 Å². The van der Waals surface area contributed by atoms with Gasteiger partial charge in [-0.15, -0.1) is 0 Å². The van der Waals surface area contributed by atoms with E-state index in [9.17, 15) is 14.0 Å². The van der Waals surface area contributed by atoms with Gasteiger partial charge in [0.25, 0.3) is 5.91 Å². The summed E-state index contributed by atoms with van der Waals surface area (Å²) in [6.07, 6.45) is 0.694. The van der Waals surface area contributed by atoms with Gasteiger partial charge in [-0.05, 0) is 36.2 Å². The molecule has 0 radical (unpaired) electrons. The summed E-state index contributed by atoms with van der Waals surface area (Å²) in [5.41, 5.74) is 7.55. The van der Waals surface area contributed by atoms with E-state index >= 15 is 0 Å². The lowest BCUT2D eigenvalue weighted by atomic mass is 10.1. The standard InChI is InChI=1S/C22H22FN5O2/c1-14(29)26-16-8-5-9-17(12-16)27-22-19(23)13-18(20(24)30)21(28-22)25-11-10-15-6-3-2-4-7-15/h2-9,12-13H,10-11H2,1H3,(H2,24,30)(H,26,29)(H2,25,27,28). The van der Waals surface area contributed by atoms with Gasteiger partial charge in [-0.2, -0.15) is 0 Å². The number of nitrogens with one attached hydrogen (secondary N) is 3. The average molecular weight is 407 g/mol. The number of nitrogens with two attached hydrogens (primary N) is 1. The molecule has 5 N–H and O–H groups in total. The minimum Gasteiger partial charge on any atom is -0.369 e. The highest BCUT2D eigenvalue weighted by Crippen LogP contribution is 2.25. The molecule has 7 nitrogen and oxygen atoms in total. The molecule has 0 aliphatic carbocycles. The number of rotatable bonds is 8. The first kappa shape index (κ1) is 20.8. The SMILES string of the molecule is CC(=O)Nc1cccc(Nc2nc(NCCc3ccccc3)c(C(N)=O)cc2F)c1. The maximum absolute atomic E-state index is 14.5. The minimum absolute atomic E-state index is 0.0295.